The van der Waals surface area contributed by atoms with E-state index < -0.39 is 0 Å². The number of carbonyl (C=O) groups is 1. The summed E-state index contributed by atoms with van der Waals surface area (Å²) in [7, 11) is 0. The molecule has 0 radical (unpaired) electrons. The highest BCUT2D eigenvalue weighted by molar-refractivity contribution is 5.78. The molecule has 1 aromatic heterocycles. The van der Waals surface area contributed by atoms with Gasteiger partial charge in [0.2, 0.25) is 5.91 Å². The van der Waals surface area contributed by atoms with Crippen molar-refractivity contribution in [3.63, 3.8) is 0 Å². The second kappa shape index (κ2) is 8.47. The summed E-state index contributed by atoms with van der Waals surface area (Å²) in [4.78, 5) is 12.2. The van der Waals surface area contributed by atoms with Gasteiger partial charge in [0.1, 0.15) is 6.61 Å². The molecule has 1 amide bonds. The van der Waals surface area contributed by atoms with Gasteiger partial charge in [-0.2, -0.15) is 0 Å². The topological polar surface area (TPSA) is 73.6 Å². The Kier molecular flexibility index (Phi) is 6.06. The van der Waals surface area contributed by atoms with E-state index >= 15 is 0 Å². The summed E-state index contributed by atoms with van der Waals surface area (Å²) in [6, 6.07) is 11.9. The molecule has 0 aliphatic carbocycles. The molecule has 1 unspecified atom stereocenters. The van der Waals surface area contributed by atoms with Crippen LogP contribution in [0.25, 0.3) is 0 Å². The average molecular weight is 358 g/mol. The third kappa shape index (κ3) is 5.68. The van der Waals surface area contributed by atoms with Crippen LogP contribution in [0.3, 0.4) is 0 Å². The summed E-state index contributed by atoms with van der Waals surface area (Å²) in [6.45, 7) is 5.61. The summed E-state index contributed by atoms with van der Waals surface area (Å²) < 4.78 is 16.5. The average Bonchev–Trinajstić information content (AvgIpc) is 3.02. The van der Waals surface area contributed by atoms with Gasteiger partial charge in [0.25, 0.3) is 0 Å². The first kappa shape index (κ1) is 18.6. The Morgan fingerprint density at radius 1 is 1.31 bits per heavy atom. The minimum atomic E-state index is -0.187. The number of ether oxygens (including phenoxy) is 2. The summed E-state index contributed by atoms with van der Waals surface area (Å²) in [6.07, 6.45) is 1.86. The van der Waals surface area contributed by atoms with Crippen LogP contribution in [0.15, 0.2) is 40.9 Å². The molecule has 140 valence electrons. The molecule has 0 spiro atoms. The lowest BCUT2D eigenvalue weighted by molar-refractivity contribution is -0.123. The zero-order valence-electron chi connectivity index (χ0n) is 15.4. The van der Waals surface area contributed by atoms with Crippen molar-refractivity contribution < 1.29 is 18.8 Å². The van der Waals surface area contributed by atoms with Crippen LogP contribution in [0.2, 0.25) is 0 Å². The fourth-order valence-electron chi connectivity index (χ4n) is 3.15. The van der Waals surface area contributed by atoms with E-state index in [1.54, 1.807) is 6.07 Å². The quantitative estimate of drug-likeness (QED) is 0.824. The second-order valence-corrected chi connectivity index (χ2v) is 7.31. The van der Waals surface area contributed by atoms with E-state index in [1.807, 2.05) is 44.2 Å². The molecule has 2 heterocycles. The summed E-state index contributed by atoms with van der Waals surface area (Å²) >= 11 is 0. The van der Waals surface area contributed by atoms with Gasteiger partial charge in [-0.25, -0.2) is 0 Å². The van der Waals surface area contributed by atoms with Crippen LogP contribution in [0.5, 0.6) is 0 Å². The molecule has 2 aromatic rings. The van der Waals surface area contributed by atoms with Crippen LogP contribution in [0.1, 0.15) is 43.7 Å². The van der Waals surface area contributed by atoms with Gasteiger partial charge in [0.05, 0.1) is 24.3 Å². The number of amides is 1. The first-order chi connectivity index (χ1) is 12.5. The van der Waals surface area contributed by atoms with Crippen molar-refractivity contribution in [1.82, 2.24) is 10.5 Å². The van der Waals surface area contributed by atoms with E-state index in [-0.39, 0.29) is 24.0 Å². The van der Waals surface area contributed by atoms with Gasteiger partial charge in [-0.3, -0.25) is 4.79 Å². The Labute approximate surface area is 153 Å². The molecule has 6 heteroatoms. The first-order valence-corrected chi connectivity index (χ1v) is 9.00. The van der Waals surface area contributed by atoms with Crippen LogP contribution >= 0.6 is 0 Å². The van der Waals surface area contributed by atoms with Gasteiger partial charge >= 0.3 is 0 Å². The van der Waals surface area contributed by atoms with E-state index in [1.165, 1.54) is 0 Å². The van der Waals surface area contributed by atoms with Crippen molar-refractivity contribution in [3.8, 4) is 0 Å². The standard InChI is InChI=1S/C20H26N2O4/c1-20(2)12-16(8-9-25-20)21-19(23)11-17-10-18(26-22-17)14-24-13-15-6-4-3-5-7-15/h3-7,10,16H,8-9,11-14H2,1-2H3,(H,21,23). The molecule has 1 aliphatic rings. The zero-order valence-corrected chi connectivity index (χ0v) is 15.4. The Bertz CT molecular complexity index is 712. The van der Waals surface area contributed by atoms with Gasteiger partial charge in [-0.15, -0.1) is 0 Å². The van der Waals surface area contributed by atoms with Gasteiger partial charge < -0.3 is 19.3 Å². The van der Waals surface area contributed by atoms with Crippen LogP contribution in [-0.2, 0) is 33.9 Å². The van der Waals surface area contributed by atoms with Crippen molar-refractivity contribution in [3.05, 3.63) is 53.4 Å². The Balaban J connectivity index is 1.42. The summed E-state index contributed by atoms with van der Waals surface area (Å²) in [5.74, 6) is 0.577. The lowest BCUT2D eigenvalue weighted by atomic mass is 9.94. The third-order valence-corrected chi connectivity index (χ3v) is 4.37. The second-order valence-electron chi connectivity index (χ2n) is 7.31. The molecule has 1 atom stereocenters. The highest BCUT2D eigenvalue weighted by atomic mass is 16.5. The molecule has 3 rings (SSSR count). The minimum Gasteiger partial charge on any atom is -0.375 e. The number of hydrogen-bond donors (Lipinski definition) is 1. The number of benzene rings is 1. The van der Waals surface area contributed by atoms with E-state index in [2.05, 4.69) is 10.5 Å². The van der Waals surface area contributed by atoms with Gasteiger partial charge in [0.15, 0.2) is 5.76 Å². The maximum Gasteiger partial charge on any atom is 0.226 e. The number of rotatable bonds is 7. The Morgan fingerprint density at radius 2 is 2.12 bits per heavy atom. The number of aromatic nitrogens is 1. The third-order valence-electron chi connectivity index (χ3n) is 4.37. The molecular weight excluding hydrogens is 332 g/mol. The van der Waals surface area contributed by atoms with Gasteiger partial charge in [-0.05, 0) is 32.3 Å². The highest BCUT2D eigenvalue weighted by Gasteiger charge is 2.29. The van der Waals surface area contributed by atoms with Crippen molar-refractivity contribution in [2.24, 2.45) is 0 Å². The fourth-order valence-corrected chi connectivity index (χ4v) is 3.15. The van der Waals surface area contributed by atoms with E-state index in [4.69, 9.17) is 14.0 Å². The largest absolute Gasteiger partial charge is 0.375 e. The lowest BCUT2D eigenvalue weighted by Crippen LogP contribution is -2.46. The molecular formula is C20H26N2O4. The van der Waals surface area contributed by atoms with Crippen molar-refractivity contribution in [1.29, 1.82) is 0 Å². The highest BCUT2D eigenvalue weighted by Crippen LogP contribution is 2.23. The number of nitrogens with one attached hydrogen (secondary N) is 1. The van der Waals surface area contributed by atoms with Crippen LogP contribution in [0, 0.1) is 0 Å². The molecule has 1 N–H and O–H groups in total. The smallest absolute Gasteiger partial charge is 0.226 e. The zero-order chi connectivity index (χ0) is 18.4. The SMILES string of the molecule is CC1(C)CC(NC(=O)Cc2cc(COCc3ccccc3)on2)CCO1. The molecule has 6 nitrogen and oxygen atoms in total. The normalized spacial score (nSPS) is 19.2. The number of nitrogens with zero attached hydrogens (tertiary/aromatic N) is 1. The lowest BCUT2D eigenvalue weighted by Gasteiger charge is -2.35. The molecule has 0 bridgehead atoms. The molecule has 1 fully saturated rings. The number of hydrogen-bond acceptors (Lipinski definition) is 5. The molecule has 0 saturated carbocycles. The first-order valence-electron chi connectivity index (χ1n) is 9.00. The van der Waals surface area contributed by atoms with Gasteiger partial charge in [0, 0.05) is 18.7 Å². The summed E-state index contributed by atoms with van der Waals surface area (Å²) in [5.41, 5.74) is 1.53. The molecule has 1 saturated heterocycles. The monoisotopic (exact) mass is 358 g/mol. The van der Waals surface area contributed by atoms with Gasteiger partial charge in [-0.1, -0.05) is 35.5 Å². The van der Waals surface area contributed by atoms with Crippen molar-refractivity contribution in [2.75, 3.05) is 6.61 Å². The molecule has 1 aliphatic heterocycles. The van der Waals surface area contributed by atoms with Crippen LogP contribution < -0.4 is 5.32 Å². The van der Waals surface area contributed by atoms with E-state index in [0.717, 1.165) is 18.4 Å². The van der Waals surface area contributed by atoms with E-state index in [0.29, 0.717) is 31.3 Å². The minimum absolute atomic E-state index is 0.0437. The molecule has 1 aromatic carbocycles. The van der Waals surface area contributed by atoms with Crippen molar-refractivity contribution in [2.45, 2.75) is 58.0 Å². The van der Waals surface area contributed by atoms with E-state index in [9.17, 15) is 4.79 Å². The molecule has 26 heavy (non-hydrogen) atoms. The Morgan fingerprint density at radius 3 is 2.88 bits per heavy atom. The fraction of sp³-hybridized carbons (Fsp3) is 0.500. The predicted octanol–water partition coefficient (Wildman–Crippen LogP) is 3.01. The Hall–Kier alpha value is -2.18. The summed E-state index contributed by atoms with van der Waals surface area (Å²) in [5, 5.41) is 7.03. The van der Waals surface area contributed by atoms with Crippen LogP contribution in [0.4, 0.5) is 0 Å². The van der Waals surface area contributed by atoms with Crippen LogP contribution in [-0.4, -0.2) is 29.3 Å². The maximum absolute atomic E-state index is 12.2. The van der Waals surface area contributed by atoms with Crippen molar-refractivity contribution >= 4 is 5.91 Å². The predicted molar refractivity (Wildman–Crippen MR) is 96.3 cm³/mol. The maximum atomic E-state index is 12.2. The number of carbonyl (C=O) groups excluding carboxylic acids is 1.